The van der Waals surface area contributed by atoms with Crippen molar-refractivity contribution in [3.63, 3.8) is 0 Å². The maximum atomic E-state index is 12.3. The van der Waals surface area contributed by atoms with Crippen molar-refractivity contribution in [1.29, 1.82) is 0 Å². The van der Waals surface area contributed by atoms with Gasteiger partial charge in [0.1, 0.15) is 6.04 Å². The molecule has 0 radical (unpaired) electrons. The molecule has 2 aliphatic rings. The van der Waals surface area contributed by atoms with Crippen LogP contribution in [0.25, 0.3) is 0 Å². The molecule has 2 atom stereocenters. The highest BCUT2D eigenvalue weighted by Crippen LogP contribution is 2.19. The van der Waals surface area contributed by atoms with E-state index in [2.05, 4.69) is 10.6 Å². The second-order valence-electron chi connectivity index (χ2n) is 6.29. The van der Waals surface area contributed by atoms with Gasteiger partial charge in [-0.15, -0.1) is 0 Å². The smallest absolute Gasteiger partial charge is 0.242 e. The van der Waals surface area contributed by atoms with E-state index in [4.69, 9.17) is 0 Å². The van der Waals surface area contributed by atoms with Gasteiger partial charge in [-0.3, -0.25) is 9.59 Å². The van der Waals surface area contributed by atoms with Crippen molar-refractivity contribution < 1.29 is 9.59 Å². The molecule has 2 rings (SSSR count). The van der Waals surface area contributed by atoms with Gasteiger partial charge >= 0.3 is 0 Å². The molecule has 0 aromatic carbocycles. The third-order valence-corrected chi connectivity index (χ3v) is 4.59. The van der Waals surface area contributed by atoms with E-state index in [1.807, 2.05) is 6.92 Å². The van der Waals surface area contributed by atoms with Crippen LogP contribution in [0.1, 0.15) is 51.9 Å². The van der Waals surface area contributed by atoms with Gasteiger partial charge in [0.15, 0.2) is 0 Å². The predicted octanol–water partition coefficient (Wildman–Crippen LogP) is 1.28. The van der Waals surface area contributed by atoms with Crippen LogP contribution in [0, 0.1) is 5.92 Å². The molecule has 2 heterocycles. The Kier molecular flexibility index (Phi) is 6.49. The van der Waals surface area contributed by atoms with Crippen LogP contribution < -0.4 is 10.6 Å². The monoisotopic (exact) mass is 295 g/mol. The van der Waals surface area contributed by atoms with Crippen LogP contribution in [0.2, 0.25) is 0 Å². The Hall–Kier alpha value is -1.10. The topological polar surface area (TPSA) is 61.4 Å². The summed E-state index contributed by atoms with van der Waals surface area (Å²) >= 11 is 0. The van der Waals surface area contributed by atoms with Crippen LogP contribution in [0.3, 0.4) is 0 Å². The Morgan fingerprint density at radius 2 is 2.14 bits per heavy atom. The Balaban J connectivity index is 1.72. The molecule has 2 amide bonds. The number of nitrogens with zero attached hydrogens (tertiary/aromatic N) is 1. The van der Waals surface area contributed by atoms with Crippen molar-refractivity contribution >= 4 is 11.8 Å². The van der Waals surface area contributed by atoms with Crippen molar-refractivity contribution in [3.8, 4) is 0 Å². The van der Waals surface area contributed by atoms with Gasteiger partial charge < -0.3 is 15.5 Å². The van der Waals surface area contributed by atoms with Crippen LogP contribution in [0.4, 0.5) is 0 Å². The molecule has 0 spiro atoms. The highest BCUT2D eigenvalue weighted by molar-refractivity contribution is 5.88. The quantitative estimate of drug-likeness (QED) is 0.776. The van der Waals surface area contributed by atoms with Gasteiger partial charge in [-0.25, -0.2) is 0 Å². The molecule has 120 valence electrons. The molecular weight excluding hydrogens is 266 g/mol. The summed E-state index contributed by atoms with van der Waals surface area (Å²) in [7, 11) is 0. The number of rotatable bonds is 6. The van der Waals surface area contributed by atoms with Gasteiger partial charge in [0.25, 0.3) is 0 Å². The summed E-state index contributed by atoms with van der Waals surface area (Å²) in [6, 6.07) is -0.228. The standard InChI is InChI=1S/C16H29N3O2/c1-2-5-15(20)19-11-4-7-14(19)16(21)18-10-8-13-6-3-9-17-12-13/h13-14,17H,2-12H2,1H3,(H,18,21). The lowest BCUT2D eigenvalue weighted by molar-refractivity contribution is -0.138. The molecule has 2 N–H and O–H groups in total. The van der Waals surface area contributed by atoms with Crippen LogP contribution in [0.5, 0.6) is 0 Å². The molecule has 2 unspecified atom stereocenters. The molecule has 2 fully saturated rings. The van der Waals surface area contributed by atoms with Gasteiger partial charge in [-0.05, 0) is 57.5 Å². The van der Waals surface area contributed by atoms with E-state index in [0.717, 1.165) is 51.9 Å². The molecule has 0 aromatic heterocycles. The normalized spacial score (nSPS) is 25.9. The molecule has 0 saturated carbocycles. The van der Waals surface area contributed by atoms with E-state index in [0.29, 0.717) is 12.3 Å². The Morgan fingerprint density at radius 3 is 2.86 bits per heavy atom. The minimum Gasteiger partial charge on any atom is -0.354 e. The van der Waals surface area contributed by atoms with Crippen LogP contribution >= 0.6 is 0 Å². The van der Waals surface area contributed by atoms with Gasteiger partial charge in [-0.1, -0.05) is 6.92 Å². The lowest BCUT2D eigenvalue weighted by atomic mass is 9.96. The lowest BCUT2D eigenvalue weighted by Gasteiger charge is -2.25. The highest BCUT2D eigenvalue weighted by atomic mass is 16.2. The summed E-state index contributed by atoms with van der Waals surface area (Å²) in [4.78, 5) is 26.1. The molecule has 0 bridgehead atoms. The molecule has 0 aromatic rings. The SMILES string of the molecule is CCCC(=O)N1CCCC1C(=O)NCCC1CCCNC1. The first kappa shape index (κ1) is 16.3. The fourth-order valence-electron chi connectivity index (χ4n) is 3.38. The summed E-state index contributed by atoms with van der Waals surface area (Å²) in [5.41, 5.74) is 0. The second-order valence-corrected chi connectivity index (χ2v) is 6.29. The maximum Gasteiger partial charge on any atom is 0.242 e. The minimum absolute atomic E-state index is 0.0423. The van der Waals surface area contributed by atoms with E-state index in [1.165, 1.54) is 12.8 Å². The molecule has 5 heteroatoms. The van der Waals surface area contributed by atoms with Crippen LogP contribution in [-0.2, 0) is 9.59 Å². The molecule has 5 nitrogen and oxygen atoms in total. The van der Waals surface area contributed by atoms with Crippen molar-refractivity contribution in [2.75, 3.05) is 26.2 Å². The lowest BCUT2D eigenvalue weighted by Crippen LogP contribution is -2.46. The van der Waals surface area contributed by atoms with E-state index < -0.39 is 0 Å². The van der Waals surface area contributed by atoms with Crippen molar-refractivity contribution in [2.24, 2.45) is 5.92 Å². The fraction of sp³-hybridized carbons (Fsp3) is 0.875. The zero-order chi connectivity index (χ0) is 15.1. The predicted molar refractivity (Wildman–Crippen MR) is 82.9 cm³/mol. The van der Waals surface area contributed by atoms with Crippen molar-refractivity contribution in [2.45, 2.75) is 57.9 Å². The summed E-state index contributed by atoms with van der Waals surface area (Å²) in [6.45, 7) is 5.67. The highest BCUT2D eigenvalue weighted by Gasteiger charge is 2.33. The van der Waals surface area contributed by atoms with E-state index in [-0.39, 0.29) is 17.9 Å². The number of piperidine rings is 1. The fourth-order valence-corrected chi connectivity index (χ4v) is 3.38. The summed E-state index contributed by atoms with van der Waals surface area (Å²) in [5, 5.41) is 6.44. The minimum atomic E-state index is -0.228. The zero-order valence-electron chi connectivity index (χ0n) is 13.2. The third kappa shape index (κ3) is 4.70. The number of amides is 2. The van der Waals surface area contributed by atoms with Gasteiger partial charge in [0.05, 0.1) is 0 Å². The summed E-state index contributed by atoms with van der Waals surface area (Å²) in [5.74, 6) is 0.854. The van der Waals surface area contributed by atoms with Crippen molar-refractivity contribution in [1.82, 2.24) is 15.5 Å². The second kappa shape index (κ2) is 8.37. The Bertz CT molecular complexity index is 353. The molecule has 0 aliphatic carbocycles. The van der Waals surface area contributed by atoms with E-state index in [1.54, 1.807) is 4.90 Å². The summed E-state index contributed by atoms with van der Waals surface area (Å²) < 4.78 is 0. The van der Waals surface area contributed by atoms with Crippen molar-refractivity contribution in [3.05, 3.63) is 0 Å². The third-order valence-electron chi connectivity index (χ3n) is 4.59. The number of carbonyl (C=O) groups excluding carboxylic acids is 2. The number of hydrogen-bond acceptors (Lipinski definition) is 3. The first-order valence-corrected chi connectivity index (χ1v) is 8.50. The van der Waals surface area contributed by atoms with E-state index in [9.17, 15) is 9.59 Å². The van der Waals surface area contributed by atoms with Crippen LogP contribution in [-0.4, -0.2) is 48.9 Å². The Labute approximate surface area is 127 Å². The average Bonchev–Trinajstić information content (AvgIpc) is 2.98. The summed E-state index contributed by atoms with van der Waals surface area (Å²) in [6.07, 6.45) is 6.69. The number of carbonyl (C=O) groups is 2. The number of nitrogens with one attached hydrogen (secondary N) is 2. The average molecular weight is 295 g/mol. The molecule has 21 heavy (non-hydrogen) atoms. The molecular formula is C16H29N3O2. The van der Waals surface area contributed by atoms with Crippen LogP contribution in [0.15, 0.2) is 0 Å². The first-order valence-electron chi connectivity index (χ1n) is 8.50. The molecule has 2 saturated heterocycles. The van der Waals surface area contributed by atoms with Gasteiger partial charge in [0, 0.05) is 19.5 Å². The van der Waals surface area contributed by atoms with Gasteiger partial charge in [0.2, 0.25) is 11.8 Å². The maximum absolute atomic E-state index is 12.3. The zero-order valence-corrected chi connectivity index (χ0v) is 13.2. The van der Waals surface area contributed by atoms with Gasteiger partial charge in [-0.2, -0.15) is 0 Å². The number of hydrogen-bond donors (Lipinski definition) is 2. The Morgan fingerprint density at radius 1 is 1.29 bits per heavy atom. The number of likely N-dealkylation sites (tertiary alicyclic amines) is 1. The van der Waals surface area contributed by atoms with E-state index >= 15 is 0 Å². The molecule has 2 aliphatic heterocycles. The largest absolute Gasteiger partial charge is 0.354 e. The first-order chi connectivity index (χ1) is 10.2.